The zero-order valence-electron chi connectivity index (χ0n) is 11.2. The van der Waals surface area contributed by atoms with Crippen LogP contribution in [0.25, 0.3) is 0 Å². The molecule has 4 heteroatoms. The smallest absolute Gasteiger partial charge is 0.120 e. The standard InChI is InChI=1S/C15H22BrNO2/c16-13-4-3-6-15(12-13)19-11-9-17-8-2-1-5-14(17)7-10-18/h3-4,6,12,14,18H,1-2,5,7-11H2. The molecule has 0 saturated carbocycles. The predicted octanol–water partition coefficient (Wildman–Crippen LogP) is 3.06. The van der Waals surface area contributed by atoms with Gasteiger partial charge < -0.3 is 9.84 Å². The number of rotatable bonds is 6. The number of ether oxygens (including phenoxy) is 1. The largest absolute Gasteiger partial charge is 0.492 e. The van der Waals surface area contributed by atoms with E-state index in [-0.39, 0.29) is 6.61 Å². The monoisotopic (exact) mass is 327 g/mol. The lowest BCUT2D eigenvalue weighted by molar-refractivity contribution is 0.102. The van der Waals surface area contributed by atoms with Crippen LogP contribution in [0.15, 0.2) is 28.7 Å². The molecule has 1 N–H and O–H groups in total. The number of benzene rings is 1. The molecule has 1 fully saturated rings. The number of hydrogen-bond acceptors (Lipinski definition) is 3. The van der Waals surface area contributed by atoms with Crippen LogP contribution >= 0.6 is 15.9 Å². The Labute approximate surface area is 123 Å². The highest BCUT2D eigenvalue weighted by Gasteiger charge is 2.21. The van der Waals surface area contributed by atoms with Crippen molar-refractivity contribution in [1.82, 2.24) is 4.90 Å². The number of aliphatic hydroxyl groups excluding tert-OH is 1. The van der Waals surface area contributed by atoms with Crippen molar-refractivity contribution in [2.24, 2.45) is 0 Å². The van der Waals surface area contributed by atoms with Gasteiger partial charge in [-0.05, 0) is 44.0 Å². The Balaban J connectivity index is 1.77. The van der Waals surface area contributed by atoms with Crippen molar-refractivity contribution in [3.63, 3.8) is 0 Å². The Morgan fingerprint density at radius 3 is 3.05 bits per heavy atom. The highest BCUT2D eigenvalue weighted by atomic mass is 79.9. The molecular weight excluding hydrogens is 306 g/mol. The van der Waals surface area contributed by atoms with Crippen LogP contribution in [-0.2, 0) is 0 Å². The molecule has 1 saturated heterocycles. The van der Waals surface area contributed by atoms with Gasteiger partial charge in [0.25, 0.3) is 0 Å². The van der Waals surface area contributed by atoms with E-state index in [9.17, 15) is 0 Å². The summed E-state index contributed by atoms with van der Waals surface area (Å²) in [6.45, 7) is 3.07. The second-order valence-electron chi connectivity index (χ2n) is 5.00. The van der Waals surface area contributed by atoms with E-state index in [0.29, 0.717) is 12.6 Å². The normalized spacial score (nSPS) is 20.4. The first-order valence-electron chi connectivity index (χ1n) is 7.03. The van der Waals surface area contributed by atoms with Crippen LogP contribution in [-0.4, -0.2) is 42.4 Å². The minimum absolute atomic E-state index is 0.285. The third kappa shape index (κ3) is 4.79. The lowest BCUT2D eigenvalue weighted by Crippen LogP contribution is -2.42. The SMILES string of the molecule is OCCC1CCCCN1CCOc1cccc(Br)c1. The highest BCUT2D eigenvalue weighted by molar-refractivity contribution is 9.10. The van der Waals surface area contributed by atoms with Gasteiger partial charge in [0.05, 0.1) is 0 Å². The number of hydrogen-bond donors (Lipinski definition) is 1. The van der Waals surface area contributed by atoms with Crippen molar-refractivity contribution < 1.29 is 9.84 Å². The molecule has 0 aliphatic carbocycles. The molecule has 2 rings (SSSR count). The average molecular weight is 328 g/mol. The summed E-state index contributed by atoms with van der Waals surface area (Å²) in [5.74, 6) is 0.907. The van der Waals surface area contributed by atoms with Crippen molar-refractivity contribution in [1.29, 1.82) is 0 Å². The number of aliphatic hydroxyl groups is 1. The minimum Gasteiger partial charge on any atom is -0.492 e. The van der Waals surface area contributed by atoms with Gasteiger partial charge in [-0.15, -0.1) is 0 Å². The molecule has 0 radical (unpaired) electrons. The van der Waals surface area contributed by atoms with E-state index in [0.717, 1.165) is 29.7 Å². The van der Waals surface area contributed by atoms with Crippen LogP contribution in [0.3, 0.4) is 0 Å². The maximum Gasteiger partial charge on any atom is 0.120 e. The van der Waals surface area contributed by atoms with E-state index in [1.54, 1.807) is 0 Å². The van der Waals surface area contributed by atoms with Crippen molar-refractivity contribution in [2.45, 2.75) is 31.7 Å². The number of nitrogens with zero attached hydrogens (tertiary/aromatic N) is 1. The van der Waals surface area contributed by atoms with E-state index >= 15 is 0 Å². The quantitative estimate of drug-likeness (QED) is 0.871. The number of halogens is 1. The fourth-order valence-corrected chi connectivity index (χ4v) is 3.05. The summed E-state index contributed by atoms with van der Waals surface area (Å²) >= 11 is 3.44. The van der Waals surface area contributed by atoms with E-state index in [2.05, 4.69) is 20.8 Å². The third-order valence-corrected chi connectivity index (χ3v) is 4.15. The maximum absolute atomic E-state index is 9.11. The molecule has 1 atom stereocenters. The van der Waals surface area contributed by atoms with Gasteiger partial charge in [-0.3, -0.25) is 4.90 Å². The van der Waals surface area contributed by atoms with Gasteiger partial charge in [0.1, 0.15) is 12.4 Å². The summed E-state index contributed by atoms with van der Waals surface area (Å²) in [7, 11) is 0. The molecule has 0 aromatic heterocycles. The van der Waals surface area contributed by atoms with Gasteiger partial charge in [-0.2, -0.15) is 0 Å². The van der Waals surface area contributed by atoms with Crippen molar-refractivity contribution in [3.05, 3.63) is 28.7 Å². The van der Waals surface area contributed by atoms with Gasteiger partial charge in [0.15, 0.2) is 0 Å². The summed E-state index contributed by atoms with van der Waals surface area (Å²) in [4.78, 5) is 2.46. The summed E-state index contributed by atoms with van der Waals surface area (Å²) in [5.41, 5.74) is 0. The van der Waals surface area contributed by atoms with Gasteiger partial charge in [0, 0.05) is 23.7 Å². The number of piperidine rings is 1. The van der Waals surface area contributed by atoms with E-state index in [4.69, 9.17) is 9.84 Å². The van der Waals surface area contributed by atoms with Gasteiger partial charge in [-0.25, -0.2) is 0 Å². The molecule has 19 heavy (non-hydrogen) atoms. The van der Waals surface area contributed by atoms with Crippen LogP contribution in [0, 0.1) is 0 Å². The van der Waals surface area contributed by atoms with Gasteiger partial charge in [0.2, 0.25) is 0 Å². The lowest BCUT2D eigenvalue weighted by atomic mass is 10.00. The lowest BCUT2D eigenvalue weighted by Gasteiger charge is -2.35. The maximum atomic E-state index is 9.11. The van der Waals surface area contributed by atoms with Crippen molar-refractivity contribution >= 4 is 15.9 Å². The molecule has 1 aliphatic heterocycles. The third-order valence-electron chi connectivity index (χ3n) is 3.65. The zero-order chi connectivity index (χ0) is 13.5. The van der Waals surface area contributed by atoms with E-state index in [1.807, 2.05) is 24.3 Å². The fourth-order valence-electron chi connectivity index (χ4n) is 2.67. The first-order chi connectivity index (χ1) is 9.29. The Kier molecular flexibility index (Phi) is 6.14. The molecule has 1 heterocycles. The van der Waals surface area contributed by atoms with E-state index < -0.39 is 0 Å². The molecule has 0 amide bonds. The molecule has 0 bridgehead atoms. The molecular formula is C15H22BrNO2. The molecule has 1 unspecified atom stereocenters. The Hall–Kier alpha value is -0.580. The zero-order valence-corrected chi connectivity index (χ0v) is 12.8. The van der Waals surface area contributed by atoms with Crippen molar-refractivity contribution in [3.8, 4) is 5.75 Å². The summed E-state index contributed by atoms with van der Waals surface area (Å²) in [6, 6.07) is 8.47. The summed E-state index contributed by atoms with van der Waals surface area (Å²) < 4.78 is 6.82. The molecule has 1 aliphatic rings. The first kappa shape index (κ1) is 14.8. The van der Waals surface area contributed by atoms with Crippen molar-refractivity contribution in [2.75, 3.05) is 26.3 Å². The van der Waals surface area contributed by atoms with Gasteiger partial charge >= 0.3 is 0 Å². The van der Waals surface area contributed by atoms with Crippen LogP contribution < -0.4 is 4.74 Å². The highest BCUT2D eigenvalue weighted by Crippen LogP contribution is 2.20. The Bertz CT molecular complexity index is 384. The molecule has 1 aromatic rings. The van der Waals surface area contributed by atoms with Crippen LogP contribution in [0.1, 0.15) is 25.7 Å². The van der Waals surface area contributed by atoms with Crippen LogP contribution in [0.4, 0.5) is 0 Å². The summed E-state index contributed by atoms with van der Waals surface area (Å²) in [6.07, 6.45) is 4.64. The minimum atomic E-state index is 0.285. The molecule has 0 spiro atoms. The summed E-state index contributed by atoms with van der Waals surface area (Å²) in [5, 5.41) is 9.11. The van der Waals surface area contributed by atoms with Gasteiger partial charge in [-0.1, -0.05) is 28.4 Å². The molecule has 3 nitrogen and oxygen atoms in total. The first-order valence-corrected chi connectivity index (χ1v) is 7.82. The Morgan fingerprint density at radius 2 is 2.26 bits per heavy atom. The molecule has 106 valence electrons. The molecule has 1 aromatic carbocycles. The second kappa shape index (κ2) is 7.88. The topological polar surface area (TPSA) is 32.7 Å². The average Bonchev–Trinajstić information content (AvgIpc) is 2.41. The second-order valence-corrected chi connectivity index (χ2v) is 5.92. The fraction of sp³-hybridized carbons (Fsp3) is 0.600. The number of likely N-dealkylation sites (tertiary alicyclic amines) is 1. The predicted molar refractivity (Wildman–Crippen MR) is 80.6 cm³/mol. The van der Waals surface area contributed by atoms with Crippen LogP contribution in [0.5, 0.6) is 5.75 Å². The Morgan fingerprint density at radius 1 is 1.37 bits per heavy atom. The van der Waals surface area contributed by atoms with E-state index in [1.165, 1.54) is 19.3 Å². The van der Waals surface area contributed by atoms with Crippen LogP contribution in [0.2, 0.25) is 0 Å².